The van der Waals surface area contributed by atoms with Crippen LogP contribution < -0.4 is 10.9 Å². The van der Waals surface area contributed by atoms with Crippen molar-refractivity contribution < 1.29 is 18.7 Å². The van der Waals surface area contributed by atoms with Crippen LogP contribution in [0.2, 0.25) is 0 Å². The van der Waals surface area contributed by atoms with Crippen LogP contribution in [0.4, 0.5) is 10.2 Å². The Hall–Kier alpha value is -3.60. The van der Waals surface area contributed by atoms with Gasteiger partial charge >= 0.3 is 0 Å². The number of fused-ring (bicyclic) bond motifs is 2. The van der Waals surface area contributed by atoms with Gasteiger partial charge in [0.15, 0.2) is 0 Å². The molecular weight excluding hydrogens is 419 g/mol. The van der Waals surface area contributed by atoms with Crippen molar-refractivity contribution in [2.75, 3.05) is 19.0 Å². The number of carbonyl (C=O) groups excluding carboxylic acids is 2. The zero-order valence-corrected chi connectivity index (χ0v) is 18.0. The van der Waals surface area contributed by atoms with Gasteiger partial charge in [-0.1, -0.05) is 6.92 Å². The van der Waals surface area contributed by atoms with E-state index < -0.39 is 11.7 Å². The lowest BCUT2D eigenvalue weighted by atomic mass is 10.2. The minimum Gasteiger partial charge on any atom is -0.383 e. The first-order valence-electron chi connectivity index (χ1n) is 10.2. The Balaban J connectivity index is 1.77. The number of aromatic nitrogens is 4. The molecule has 11 heteroatoms. The van der Waals surface area contributed by atoms with Crippen molar-refractivity contribution in [3.05, 3.63) is 57.5 Å². The van der Waals surface area contributed by atoms with Gasteiger partial charge in [0.1, 0.15) is 29.5 Å². The van der Waals surface area contributed by atoms with Crippen LogP contribution in [-0.4, -0.2) is 55.6 Å². The van der Waals surface area contributed by atoms with Crippen molar-refractivity contribution in [1.29, 1.82) is 0 Å². The first kappa shape index (κ1) is 21.6. The number of methoxy groups -OCH3 is 1. The maximum atomic E-state index is 13.3. The first-order valence-corrected chi connectivity index (χ1v) is 10.2. The molecule has 1 aliphatic rings. The predicted molar refractivity (Wildman–Crippen MR) is 113 cm³/mol. The van der Waals surface area contributed by atoms with E-state index in [-0.39, 0.29) is 47.7 Å². The molecule has 4 rings (SSSR count). The van der Waals surface area contributed by atoms with Gasteiger partial charge in [-0.15, -0.1) is 0 Å². The summed E-state index contributed by atoms with van der Waals surface area (Å²) < 4.78 is 21.0. The normalized spacial score (nSPS) is 14.1. The number of nitrogens with one attached hydrogen (secondary N) is 1. The fourth-order valence-electron chi connectivity index (χ4n) is 3.83. The highest BCUT2D eigenvalue weighted by molar-refractivity contribution is 5.98. The van der Waals surface area contributed by atoms with Crippen LogP contribution in [0.5, 0.6) is 0 Å². The molecule has 4 heterocycles. The summed E-state index contributed by atoms with van der Waals surface area (Å²) in [4.78, 5) is 44.5. The number of pyridine rings is 1. The summed E-state index contributed by atoms with van der Waals surface area (Å²) in [5.74, 6) is -1.18. The maximum absolute atomic E-state index is 13.3. The summed E-state index contributed by atoms with van der Waals surface area (Å²) in [6.07, 6.45) is 1.58. The number of carbonyl (C=O) groups is 2. The Bertz CT molecular complexity index is 1250. The first-order chi connectivity index (χ1) is 15.3. The van der Waals surface area contributed by atoms with E-state index in [0.29, 0.717) is 24.4 Å². The lowest BCUT2D eigenvalue weighted by Crippen LogP contribution is -2.37. The summed E-state index contributed by atoms with van der Waals surface area (Å²) in [6, 6.07) is 3.95. The van der Waals surface area contributed by atoms with Gasteiger partial charge in [-0.05, 0) is 25.5 Å². The third kappa shape index (κ3) is 3.75. The number of hydrogen-bond acceptors (Lipinski definition) is 6. The van der Waals surface area contributed by atoms with Crippen LogP contribution in [0.25, 0.3) is 5.65 Å². The summed E-state index contributed by atoms with van der Waals surface area (Å²) >= 11 is 0. The second-order valence-electron chi connectivity index (χ2n) is 7.62. The van der Waals surface area contributed by atoms with Gasteiger partial charge in [0.2, 0.25) is 5.91 Å². The number of nitrogens with zero attached hydrogens (tertiary/aromatic N) is 5. The number of anilines is 1. The van der Waals surface area contributed by atoms with Gasteiger partial charge in [0.25, 0.3) is 11.5 Å². The molecule has 0 aromatic carbocycles. The van der Waals surface area contributed by atoms with Crippen LogP contribution in [-0.2, 0) is 29.0 Å². The van der Waals surface area contributed by atoms with E-state index in [2.05, 4.69) is 15.4 Å². The van der Waals surface area contributed by atoms with E-state index in [1.165, 1.54) is 28.3 Å². The third-order valence-electron chi connectivity index (χ3n) is 5.41. The lowest BCUT2D eigenvalue weighted by Gasteiger charge is -2.23. The summed E-state index contributed by atoms with van der Waals surface area (Å²) in [7, 11) is 1.54. The molecule has 2 amide bonds. The Labute approximate surface area is 182 Å². The van der Waals surface area contributed by atoms with Crippen molar-refractivity contribution in [2.45, 2.75) is 39.4 Å². The van der Waals surface area contributed by atoms with Crippen LogP contribution in [0.3, 0.4) is 0 Å². The van der Waals surface area contributed by atoms with Crippen LogP contribution >= 0.6 is 0 Å². The number of amides is 2. The molecule has 0 saturated carbocycles. The van der Waals surface area contributed by atoms with Crippen molar-refractivity contribution in [3.8, 4) is 0 Å². The second kappa shape index (κ2) is 8.50. The minimum absolute atomic E-state index is 0.107. The Morgan fingerprint density at radius 2 is 2.12 bits per heavy atom. The number of rotatable bonds is 7. The molecule has 168 valence electrons. The van der Waals surface area contributed by atoms with Crippen molar-refractivity contribution in [3.63, 3.8) is 0 Å². The van der Waals surface area contributed by atoms with Crippen LogP contribution in [0.1, 0.15) is 35.6 Å². The molecule has 0 radical (unpaired) electrons. The fourth-order valence-corrected chi connectivity index (χ4v) is 3.83. The van der Waals surface area contributed by atoms with E-state index in [0.717, 1.165) is 6.20 Å². The maximum Gasteiger partial charge on any atom is 0.280 e. The van der Waals surface area contributed by atoms with Gasteiger partial charge < -0.3 is 19.5 Å². The molecule has 0 spiro atoms. The lowest BCUT2D eigenvalue weighted by molar-refractivity contribution is -0.116. The SMILES string of the molecule is CCc1cc2n(CC(=O)Nc3ccc(F)cn3)c3c(c(=O)n2n1)CN([C@@H](C)COC)C3=O. The monoisotopic (exact) mass is 442 g/mol. The molecule has 32 heavy (non-hydrogen) atoms. The predicted octanol–water partition coefficient (Wildman–Crippen LogP) is 1.22. The molecular formula is C21H23FN6O4. The molecule has 1 N–H and O–H groups in total. The molecule has 1 aliphatic heterocycles. The molecule has 0 fully saturated rings. The van der Waals surface area contributed by atoms with E-state index in [9.17, 15) is 18.8 Å². The smallest absolute Gasteiger partial charge is 0.280 e. The Kier molecular flexibility index (Phi) is 5.74. The molecule has 0 aliphatic carbocycles. The number of halogens is 1. The highest BCUT2D eigenvalue weighted by atomic mass is 19.1. The van der Waals surface area contributed by atoms with Gasteiger partial charge in [0, 0.05) is 13.2 Å². The van der Waals surface area contributed by atoms with E-state index in [1.54, 1.807) is 11.0 Å². The minimum atomic E-state index is -0.523. The zero-order chi connectivity index (χ0) is 23.0. The standard InChI is InChI=1S/C21H23FN6O4/c1-4-14-7-18-27(10-17(29)24-16-6-5-13(22)8-23-16)19-15(20(30)28(18)25-14)9-26(21(19)31)12(2)11-32-3/h5-8,12H,4,9-11H2,1-3H3,(H,23,24,29)/t12-/m0/s1. The summed E-state index contributed by atoms with van der Waals surface area (Å²) in [6.45, 7) is 3.89. The molecule has 0 unspecified atom stereocenters. The highest BCUT2D eigenvalue weighted by Crippen LogP contribution is 2.25. The zero-order valence-electron chi connectivity index (χ0n) is 18.0. The Morgan fingerprint density at radius 1 is 1.34 bits per heavy atom. The second-order valence-corrected chi connectivity index (χ2v) is 7.62. The fraction of sp³-hybridized carbons (Fsp3) is 0.381. The summed E-state index contributed by atoms with van der Waals surface area (Å²) in [5.41, 5.74) is 1.07. The van der Waals surface area contributed by atoms with Gasteiger partial charge in [-0.25, -0.2) is 9.37 Å². The van der Waals surface area contributed by atoms with Gasteiger partial charge in [-0.2, -0.15) is 9.61 Å². The van der Waals surface area contributed by atoms with Gasteiger partial charge in [-0.3, -0.25) is 14.4 Å². The van der Waals surface area contributed by atoms with Crippen molar-refractivity contribution >= 4 is 23.3 Å². The molecule has 10 nitrogen and oxygen atoms in total. The molecule has 3 aromatic heterocycles. The van der Waals surface area contributed by atoms with E-state index in [1.807, 2.05) is 13.8 Å². The number of ether oxygens (including phenoxy) is 1. The molecule has 0 saturated heterocycles. The highest BCUT2D eigenvalue weighted by Gasteiger charge is 2.37. The van der Waals surface area contributed by atoms with Crippen LogP contribution in [0.15, 0.2) is 29.2 Å². The number of hydrogen-bond donors (Lipinski definition) is 1. The Morgan fingerprint density at radius 3 is 2.78 bits per heavy atom. The van der Waals surface area contributed by atoms with E-state index in [4.69, 9.17) is 4.74 Å². The van der Waals surface area contributed by atoms with Crippen molar-refractivity contribution in [1.82, 2.24) is 24.1 Å². The quantitative estimate of drug-likeness (QED) is 0.589. The summed E-state index contributed by atoms with van der Waals surface area (Å²) in [5, 5.41) is 6.93. The topological polar surface area (TPSA) is 111 Å². The van der Waals surface area contributed by atoms with Crippen LogP contribution in [0, 0.1) is 5.82 Å². The third-order valence-corrected chi connectivity index (χ3v) is 5.41. The number of aryl methyl sites for hydroxylation is 1. The average molecular weight is 442 g/mol. The van der Waals surface area contributed by atoms with E-state index >= 15 is 0 Å². The molecule has 0 bridgehead atoms. The average Bonchev–Trinajstić information content (AvgIpc) is 3.35. The van der Waals surface area contributed by atoms with Crippen molar-refractivity contribution in [2.24, 2.45) is 0 Å². The molecule has 3 aromatic rings. The van der Waals surface area contributed by atoms with Gasteiger partial charge in [0.05, 0.1) is 36.6 Å². The largest absolute Gasteiger partial charge is 0.383 e. The molecule has 1 atom stereocenters.